The van der Waals surface area contributed by atoms with Crippen LogP contribution in [0.5, 0.6) is 0 Å². The third-order valence-corrected chi connectivity index (χ3v) is 2.07. The summed E-state index contributed by atoms with van der Waals surface area (Å²) in [7, 11) is 0. The maximum absolute atomic E-state index is 11.2. The van der Waals surface area contributed by atoms with Crippen molar-refractivity contribution in [2.24, 2.45) is 5.73 Å². The first-order chi connectivity index (χ1) is 6.61. The predicted molar refractivity (Wildman–Crippen MR) is 47.6 cm³/mol. The zero-order valence-corrected chi connectivity index (χ0v) is 7.73. The fourth-order valence-corrected chi connectivity index (χ4v) is 1.23. The van der Waals surface area contributed by atoms with Gasteiger partial charge in [0, 0.05) is 0 Å². The van der Waals surface area contributed by atoms with E-state index in [1.807, 2.05) is 0 Å². The zero-order chi connectivity index (χ0) is 10.6. The molecule has 0 unspecified atom stereocenters. The average Bonchev–Trinajstić information content (AvgIpc) is 2.66. The molecule has 6 heteroatoms. The van der Waals surface area contributed by atoms with Crippen LogP contribution < -0.4 is 11.1 Å². The van der Waals surface area contributed by atoms with Crippen molar-refractivity contribution in [3.8, 4) is 0 Å². The van der Waals surface area contributed by atoms with Crippen LogP contribution in [-0.4, -0.2) is 42.3 Å². The van der Waals surface area contributed by atoms with Gasteiger partial charge in [-0.15, -0.1) is 0 Å². The van der Waals surface area contributed by atoms with Gasteiger partial charge in [-0.2, -0.15) is 0 Å². The van der Waals surface area contributed by atoms with Crippen molar-refractivity contribution in [2.75, 3.05) is 13.2 Å². The van der Waals surface area contributed by atoms with E-state index >= 15 is 0 Å². The number of rotatable bonds is 4. The first-order valence-electron chi connectivity index (χ1n) is 4.49. The maximum Gasteiger partial charge on any atom is 0.324 e. The van der Waals surface area contributed by atoms with Crippen LogP contribution in [-0.2, 0) is 14.3 Å². The summed E-state index contributed by atoms with van der Waals surface area (Å²) < 4.78 is 4.74. The Balaban J connectivity index is 2.23. The number of aliphatic carboxylic acids is 1. The quantitative estimate of drug-likeness (QED) is 0.489. The van der Waals surface area contributed by atoms with E-state index in [4.69, 9.17) is 15.6 Å². The molecule has 1 rings (SSSR count). The van der Waals surface area contributed by atoms with Gasteiger partial charge in [-0.05, 0) is 19.4 Å². The van der Waals surface area contributed by atoms with Crippen molar-refractivity contribution in [3.05, 3.63) is 0 Å². The molecule has 0 aromatic carbocycles. The molecule has 0 aliphatic carbocycles. The Labute approximate surface area is 81.4 Å². The van der Waals surface area contributed by atoms with Crippen LogP contribution in [0.25, 0.3) is 0 Å². The topological polar surface area (TPSA) is 102 Å². The van der Waals surface area contributed by atoms with Crippen LogP contribution in [0, 0.1) is 0 Å². The van der Waals surface area contributed by atoms with Crippen LogP contribution >= 0.6 is 0 Å². The molecule has 1 aliphatic rings. The number of ether oxygens (including phenoxy) is 1. The van der Waals surface area contributed by atoms with Crippen molar-refractivity contribution in [1.29, 1.82) is 0 Å². The van der Waals surface area contributed by atoms with Gasteiger partial charge in [-0.25, -0.2) is 0 Å². The molecule has 0 amide bonds. The van der Waals surface area contributed by atoms with E-state index in [-0.39, 0.29) is 12.6 Å². The van der Waals surface area contributed by atoms with Crippen molar-refractivity contribution in [1.82, 2.24) is 5.32 Å². The summed E-state index contributed by atoms with van der Waals surface area (Å²) in [5.74, 6) is -1.59. The van der Waals surface area contributed by atoms with E-state index in [0.717, 1.165) is 19.4 Å². The van der Waals surface area contributed by atoms with Crippen LogP contribution in [0.2, 0.25) is 0 Å². The summed E-state index contributed by atoms with van der Waals surface area (Å²) in [5, 5.41) is 11.4. The van der Waals surface area contributed by atoms with Gasteiger partial charge in [-0.3, -0.25) is 9.59 Å². The minimum Gasteiger partial charge on any atom is -0.480 e. The molecular formula is C8H14N2O4. The molecular weight excluding hydrogens is 188 g/mol. The molecule has 0 saturated carbocycles. The summed E-state index contributed by atoms with van der Waals surface area (Å²) in [4.78, 5) is 21.5. The normalized spacial score (nSPS) is 23.1. The highest BCUT2D eigenvalue weighted by Gasteiger charge is 2.24. The van der Waals surface area contributed by atoms with Gasteiger partial charge in [0.1, 0.15) is 18.7 Å². The first-order valence-corrected chi connectivity index (χ1v) is 4.49. The maximum atomic E-state index is 11.2. The molecule has 1 fully saturated rings. The molecule has 1 heterocycles. The van der Waals surface area contributed by atoms with Crippen molar-refractivity contribution in [3.63, 3.8) is 0 Å². The van der Waals surface area contributed by atoms with Gasteiger partial charge in [0.2, 0.25) is 0 Å². The first kappa shape index (κ1) is 10.9. The minimum atomic E-state index is -1.17. The van der Waals surface area contributed by atoms with Crippen molar-refractivity contribution in [2.45, 2.75) is 24.9 Å². The number of carbonyl (C=O) groups excluding carboxylic acids is 1. The lowest BCUT2D eigenvalue weighted by Crippen LogP contribution is -2.39. The number of hydrogen-bond donors (Lipinski definition) is 3. The van der Waals surface area contributed by atoms with Crippen molar-refractivity contribution < 1.29 is 19.4 Å². The largest absolute Gasteiger partial charge is 0.480 e. The van der Waals surface area contributed by atoms with Crippen molar-refractivity contribution >= 4 is 11.9 Å². The lowest BCUT2D eigenvalue weighted by molar-refractivity contribution is -0.149. The number of carboxylic acids is 1. The minimum absolute atomic E-state index is 0.271. The van der Waals surface area contributed by atoms with Crippen LogP contribution in [0.1, 0.15) is 12.8 Å². The van der Waals surface area contributed by atoms with E-state index in [1.54, 1.807) is 0 Å². The molecule has 4 N–H and O–H groups in total. The Morgan fingerprint density at radius 3 is 2.86 bits per heavy atom. The fraction of sp³-hybridized carbons (Fsp3) is 0.750. The van der Waals surface area contributed by atoms with Gasteiger partial charge in [-0.1, -0.05) is 0 Å². The number of nitrogens with two attached hydrogens (primary N) is 1. The fourth-order valence-electron chi connectivity index (χ4n) is 1.23. The third kappa shape index (κ3) is 2.97. The van der Waals surface area contributed by atoms with Crippen LogP contribution in [0.15, 0.2) is 0 Å². The van der Waals surface area contributed by atoms with E-state index in [2.05, 4.69) is 5.32 Å². The van der Waals surface area contributed by atoms with Gasteiger partial charge >= 0.3 is 11.9 Å². The molecule has 0 bridgehead atoms. The lowest BCUT2D eigenvalue weighted by atomic mass is 10.2. The summed E-state index contributed by atoms with van der Waals surface area (Å²) in [5.41, 5.74) is 5.17. The summed E-state index contributed by atoms with van der Waals surface area (Å²) in [6, 6.07) is -1.43. The van der Waals surface area contributed by atoms with E-state index < -0.39 is 18.0 Å². The van der Waals surface area contributed by atoms with Gasteiger partial charge in [0.25, 0.3) is 0 Å². The second-order valence-corrected chi connectivity index (χ2v) is 3.22. The smallest absolute Gasteiger partial charge is 0.324 e. The highest BCUT2D eigenvalue weighted by atomic mass is 16.5. The van der Waals surface area contributed by atoms with E-state index in [0.29, 0.717) is 0 Å². The number of carbonyl (C=O) groups is 2. The second kappa shape index (κ2) is 4.92. The number of carboxylic acid groups (broad SMARTS) is 1. The zero-order valence-electron chi connectivity index (χ0n) is 7.73. The predicted octanol–water partition coefficient (Wildman–Crippen LogP) is -1.31. The SMILES string of the molecule is N[C@@H](COC(=O)[C@H]1CCCN1)C(=O)O. The average molecular weight is 202 g/mol. The van der Waals surface area contributed by atoms with Crippen LogP contribution in [0.3, 0.4) is 0 Å². The summed E-state index contributed by atoms with van der Waals surface area (Å²) in [6.45, 7) is 0.525. The number of esters is 1. The molecule has 0 aromatic rings. The van der Waals surface area contributed by atoms with Gasteiger partial charge < -0.3 is 20.9 Å². The summed E-state index contributed by atoms with van der Waals surface area (Å²) >= 11 is 0. The molecule has 0 radical (unpaired) electrons. The highest BCUT2D eigenvalue weighted by Crippen LogP contribution is 2.06. The molecule has 80 valence electrons. The van der Waals surface area contributed by atoms with E-state index in [9.17, 15) is 9.59 Å². The molecule has 0 spiro atoms. The number of hydrogen-bond acceptors (Lipinski definition) is 5. The Bertz CT molecular complexity index is 225. The Hall–Kier alpha value is -1.14. The molecule has 1 saturated heterocycles. The molecule has 6 nitrogen and oxygen atoms in total. The van der Waals surface area contributed by atoms with Crippen LogP contribution in [0.4, 0.5) is 0 Å². The molecule has 2 atom stereocenters. The van der Waals surface area contributed by atoms with Gasteiger partial charge in [0.05, 0.1) is 0 Å². The number of nitrogens with one attached hydrogen (secondary N) is 1. The van der Waals surface area contributed by atoms with Gasteiger partial charge in [0.15, 0.2) is 0 Å². The second-order valence-electron chi connectivity index (χ2n) is 3.22. The lowest BCUT2D eigenvalue weighted by Gasteiger charge is -2.11. The molecule has 14 heavy (non-hydrogen) atoms. The standard InChI is InChI=1S/C8H14N2O4/c9-5(7(11)12)4-14-8(13)6-2-1-3-10-6/h5-6,10H,1-4,9H2,(H,11,12)/t5-,6+/m0/s1. The molecule has 0 aromatic heterocycles. The third-order valence-electron chi connectivity index (χ3n) is 2.07. The Morgan fingerprint density at radius 2 is 2.36 bits per heavy atom. The summed E-state index contributed by atoms with van der Waals surface area (Å²) in [6.07, 6.45) is 1.67. The Kier molecular flexibility index (Phi) is 3.84. The monoisotopic (exact) mass is 202 g/mol. The molecule has 1 aliphatic heterocycles. The highest BCUT2D eigenvalue weighted by molar-refractivity contribution is 5.77. The van der Waals surface area contributed by atoms with E-state index in [1.165, 1.54) is 0 Å². The Morgan fingerprint density at radius 1 is 1.64 bits per heavy atom.